The van der Waals surface area contributed by atoms with Gasteiger partial charge in [-0.25, -0.2) is 0 Å². The van der Waals surface area contributed by atoms with Crippen molar-refractivity contribution < 1.29 is 14.8 Å². The van der Waals surface area contributed by atoms with Crippen molar-refractivity contribution in [2.24, 2.45) is 0 Å². The minimum Gasteiger partial charge on any atom is -0.423 e. The van der Waals surface area contributed by atoms with Crippen molar-refractivity contribution in [2.75, 3.05) is 7.11 Å². The summed E-state index contributed by atoms with van der Waals surface area (Å²) >= 11 is 0. The summed E-state index contributed by atoms with van der Waals surface area (Å²) in [6, 6.07) is 1.68. The van der Waals surface area contributed by atoms with Crippen LogP contribution >= 0.6 is 0 Å². The summed E-state index contributed by atoms with van der Waals surface area (Å²) in [6.07, 6.45) is 1.44. The minimum absolute atomic E-state index is 0.387. The predicted octanol–water partition coefficient (Wildman–Crippen LogP) is -0.784. The van der Waals surface area contributed by atoms with E-state index in [4.69, 9.17) is 14.8 Å². The number of methoxy groups -OCH3 is 1. The molecule has 0 aromatic carbocycles. The van der Waals surface area contributed by atoms with E-state index < -0.39 is 7.12 Å². The Balaban J connectivity index is 2.97. The molecule has 0 saturated heterocycles. The van der Waals surface area contributed by atoms with E-state index in [1.165, 1.54) is 6.20 Å². The number of ether oxygens (including phenoxy) is 1. The van der Waals surface area contributed by atoms with Crippen LogP contribution in [0.3, 0.4) is 0 Å². The van der Waals surface area contributed by atoms with Crippen molar-refractivity contribution in [1.29, 1.82) is 0 Å². The van der Waals surface area contributed by atoms with Crippen molar-refractivity contribution in [2.45, 2.75) is 13.5 Å². The third kappa shape index (κ3) is 2.52. The zero-order valence-electron chi connectivity index (χ0n) is 7.69. The molecular formula is C8H12BNO3. The van der Waals surface area contributed by atoms with Gasteiger partial charge in [-0.1, -0.05) is 6.07 Å². The smallest absolute Gasteiger partial charge is 0.423 e. The Bertz CT molecular complexity index is 291. The van der Waals surface area contributed by atoms with Crippen molar-refractivity contribution >= 4 is 12.6 Å². The minimum atomic E-state index is -1.47. The summed E-state index contributed by atoms with van der Waals surface area (Å²) in [5.41, 5.74) is 2.09. The summed E-state index contributed by atoms with van der Waals surface area (Å²) in [6.45, 7) is 2.28. The maximum atomic E-state index is 8.88. The van der Waals surface area contributed by atoms with Crippen LogP contribution < -0.4 is 5.46 Å². The third-order valence-electron chi connectivity index (χ3n) is 1.81. The third-order valence-corrected chi connectivity index (χ3v) is 1.81. The van der Waals surface area contributed by atoms with Gasteiger partial charge in [-0.05, 0) is 12.5 Å². The van der Waals surface area contributed by atoms with Crippen LogP contribution in [-0.2, 0) is 11.3 Å². The van der Waals surface area contributed by atoms with Crippen LogP contribution in [0.15, 0.2) is 12.3 Å². The van der Waals surface area contributed by atoms with Gasteiger partial charge in [0.25, 0.3) is 0 Å². The summed E-state index contributed by atoms with van der Waals surface area (Å²) in [5.74, 6) is 0. The first-order chi connectivity index (χ1) is 6.15. The molecule has 0 aliphatic rings. The van der Waals surface area contributed by atoms with Crippen molar-refractivity contribution in [1.82, 2.24) is 4.98 Å². The highest BCUT2D eigenvalue weighted by Crippen LogP contribution is 2.03. The Morgan fingerprint density at radius 2 is 2.23 bits per heavy atom. The summed E-state index contributed by atoms with van der Waals surface area (Å²) in [7, 11) is 0.116. The van der Waals surface area contributed by atoms with Gasteiger partial charge >= 0.3 is 7.12 Å². The molecule has 0 saturated carbocycles. The van der Waals surface area contributed by atoms with E-state index in [9.17, 15) is 0 Å². The van der Waals surface area contributed by atoms with Gasteiger partial charge in [-0.3, -0.25) is 4.98 Å². The molecule has 2 N–H and O–H groups in total. The Kier molecular flexibility index (Phi) is 3.42. The van der Waals surface area contributed by atoms with Crippen LogP contribution in [0.1, 0.15) is 11.3 Å². The fourth-order valence-electron chi connectivity index (χ4n) is 1.04. The molecule has 0 bridgehead atoms. The van der Waals surface area contributed by atoms with Crippen LogP contribution in [0.2, 0.25) is 0 Å². The van der Waals surface area contributed by atoms with Gasteiger partial charge in [0, 0.05) is 24.5 Å². The normalized spacial score (nSPS) is 10.2. The molecule has 70 valence electrons. The molecule has 0 atom stereocenters. The first-order valence-corrected chi connectivity index (χ1v) is 3.95. The van der Waals surface area contributed by atoms with E-state index in [1.807, 2.05) is 6.92 Å². The largest absolute Gasteiger partial charge is 0.490 e. The fraction of sp³-hybridized carbons (Fsp3) is 0.375. The predicted molar refractivity (Wildman–Crippen MR) is 49.5 cm³/mol. The van der Waals surface area contributed by atoms with Crippen LogP contribution in [0.25, 0.3) is 0 Å². The van der Waals surface area contributed by atoms with Crippen LogP contribution in [-0.4, -0.2) is 29.3 Å². The first-order valence-electron chi connectivity index (χ1n) is 3.95. The van der Waals surface area contributed by atoms with Gasteiger partial charge in [0.2, 0.25) is 0 Å². The molecule has 13 heavy (non-hydrogen) atoms. The van der Waals surface area contributed by atoms with Crippen LogP contribution in [0, 0.1) is 6.92 Å². The molecule has 0 fully saturated rings. The van der Waals surface area contributed by atoms with E-state index in [0.29, 0.717) is 12.1 Å². The number of hydrogen-bond acceptors (Lipinski definition) is 4. The van der Waals surface area contributed by atoms with E-state index >= 15 is 0 Å². The highest BCUT2D eigenvalue weighted by atomic mass is 16.5. The van der Waals surface area contributed by atoms with Gasteiger partial charge in [0.1, 0.15) is 0 Å². The number of hydrogen-bond donors (Lipinski definition) is 2. The fourth-order valence-corrected chi connectivity index (χ4v) is 1.04. The molecule has 4 nitrogen and oxygen atoms in total. The molecule has 1 aromatic rings. The lowest BCUT2D eigenvalue weighted by Crippen LogP contribution is -2.30. The van der Waals surface area contributed by atoms with Gasteiger partial charge in [-0.2, -0.15) is 0 Å². The first kappa shape index (κ1) is 10.2. The Hall–Kier alpha value is -0.905. The lowest BCUT2D eigenvalue weighted by Gasteiger charge is -2.06. The average Bonchev–Trinajstić information content (AvgIpc) is 2.08. The Morgan fingerprint density at radius 1 is 1.54 bits per heavy atom. The Morgan fingerprint density at radius 3 is 2.77 bits per heavy atom. The lowest BCUT2D eigenvalue weighted by atomic mass is 9.81. The number of nitrogens with zero attached hydrogens (tertiary/aromatic N) is 1. The van der Waals surface area contributed by atoms with E-state index in [1.54, 1.807) is 13.2 Å². The number of aryl methyl sites for hydroxylation is 1. The van der Waals surface area contributed by atoms with Gasteiger partial charge in [0.15, 0.2) is 0 Å². The van der Waals surface area contributed by atoms with Crippen molar-refractivity contribution in [3.63, 3.8) is 0 Å². The molecule has 0 radical (unpaired) electrons. The molecule has 1 aromatic heterocycles. The molecule has 5 heteroatoms. The van der Waals surface area contributed by atoms with Gasteiger partial charge in [0.05, 0.1) is 6.61 Å². The second-order valence-electron chi connectivity index (χ2n) is 2.82. The zero-order valence-corrected chi connectivity index (χ0v) is 7.69. The maximum Gasteiger partial charge on any atom is 0.490 e. The average molecular weight is 181 g/mol. The topological polar surface area (TPSA) is 62.6 Å². The zero-order chi connectivity index (χ0) is 9.84. The second kappa shape index (κ2) is 4.36. The molecule has 0 spiro atoms. The van der Waals surface area contributed by atoms with Crippen molar-refractivity contribution in [3.8, 4) is 0 Å². The maximum absolute atomic E-state index is 8.88. The number of aromatic nitrogens is 1. The van der Waals surface area contributed by atoms with Crippen molar-refractivity contribution in [3.05, 3.63) is 23.5 Å². The number of pyridine rings is 1. The summed E-state index contributed by atoms with van der Waals surface area (Å²) in [5, 5.41) is 17.8. The quantitative estimate of drug-likeness (QED) is 0.600. The standard InChI is InChI=1S/C8H12BNO3/c1-6-7(5-13-2)3-8(4-10-6)9(11)12/h3-4,11-12H,5H2,1-2H3. The van der Waals surface area contributed by atoms with Gasteiger partial charge < -0.3 is 14.8 Å². The van der Waals surface area contributed by atoms with E-state index in [0.717, 1.165) is 11.3 Å². The molecule has 0 unspecified atom stereocenters. The Labute approximate surface area is 77.3 Å². The van der Waals surface area contributed by atoms with E-state index in [2.05, 4.69) is 4.98 Å². The monoisotopic (exact) mass is 181 g/mol. The van der Waals surface area contributed by atoms with Gasteiger partial charge in [-0.15, -0.1) is 0 Å². The molecule has 0 aliphatic carbocycles. The molecule has 0 amide bonds. The number of rotatable bonds is 3. The molecule has 0 aliphatic heterocycles. The summed E-state index contributed by atoms with van der Waals surface area (Å²) < 4.78 is 4.94. The highest BCUT2D eigenvalue weighted by Gasteiger charge is 2.12. The van der Waals surface area contributed by atoms with Crippen LogP contribution in [0.5, 0.6) is 0 Å². The lowest BCUT2D eigenvalue weighted by molar-refractivity contribution is 0.184. The molecule has 1 heterocycles. The van der Waals surface area contributed by atoms with Crippen LogP contribution in [0.4, 0.5) is 0 Å². The highest BCUT2D eigenvalue weighted by molar-refractivity contribution is 6.58. The summed E-state index contributed by atoms with van der Waals surface area (Å²) in [4.78, 5) is 4.02. The SMILES string of the molecule is COCc1cc(B(O)O)cnc1C. The second-order valence-corrected chi connectivity index (χ2v) is 2.82. The molecule has 1 rings (SSSR count). The molecular weight excluding hydrogens is 169 g/mol. The van der Waals surface area contributed by atoms with E-state index in [-0.39, 0.29) is 0 Å².